The zero-order valence-corrected chi connectivity index (χ0v) is 18.1. The van der Waals surface area contributed by atoms with Crippen molar-refractivity contribution in [2.45, 2.75) is 45.2 Å². The molecule has 0 saturated carbocycles. The Bertz CT molecular complexity index is 775. The fourth-order valence-corrected chi connectivity index (χ4v) is 3.65. The lowest BCUT2D eigenvalue weighted by atomic mass is 10.0. The number of carbonyl (C=O) groups is 1. The van der Waals surface area contributed by atoms with Crippen molar-refractivity contribution in [2.75, 3.05) is 40.3 Å². The minimum atomic E-state index is -0.152. The van der Waals surface area contributed by atoms with Crippen molar-refractivity contribution >= 4 is 5.91 Å². The van der Waals surface area contributed by atoms with Gasteiger partial charge in [-0.2, -0.15) is 0 Å². The molecule has 2 heterocycles. The lowest BCUT2D eigenvalue weighted by Crippen LogP contribution is -2.34. The molecule has 1 aromatic heterocycles. The van der Waals surface area contributed by atoms with E-state index >= 15 is 0 Å². The topological polar surface area (TPSA) is 66.3 Å². The van der Waals surface area contributed by atoms with Crippen LogP contribution in [0.1, 0.15) is 60.3 Å². The van der Waals surface area contributed by atoms with Crippen LogP contribution >= 0.6 is 0 Å². The van der Waals surface area contributed by atoms with Crippen LogP contribution in [-0.4, -0.2) is 71.0 Å². The first-order chi connectivity index (χ1) is 13.9. The summed E-state index contributed by atoms with van der Waals surface area (Å²) in [4.78, 5) is 16.7. The smallest absolute Gasteiger partial charge is 0.273 e. The molecular formula is C22H34N6O. The third-order valence-electron chi connectivity index (χ3n) is 5.57. The molecule has 0 atom stereocenters. The second-order valence-electron chi connectivity index (χ2n) is 8.55. The van der Waals surface area contributed by atoms with Crippen molar-refractivity contribution < 1.29 is 4.79 Å². The molecular weight excluding hydrogens is 364 g/mol. The summed E-state index contributed by atoms with van der Waals surface area (Å²) >= 11 is 0. The zero-order chi connectivity index (χ0) is 20.8. The monoisotopic (exact) mass is 398 g/mol. The maximum Gasteiger partial charge on any atom is 0.273 e. The number of aromatic nitrogens is 3. The summed E-state index contributed by atoms with van der Waals surface area (Å²) in [6.45, 7) is 8.91. The Kier molecular flexibility index (Phi) is 7.39. The average Bonchev–Trinajstić information content (AvgIpc) is 3.19. The number of carbonyl (C=O) groups excluding carboxylic acids is 1. The molecule has 1 saturated heterocycles. The largest absolute Gasteiger partial charge is 0.349 e. The molecule has 2 aromatic rings. The maximum absolute atomic E-state index is 12.2. The highest BCUT2D eigenvalue weighted by molar-refractivity contribution is 5.91. The van der Waals surface area contributed by atoms with E-state index in [9.17, 15) is 4.79 Å². The number of nitrogens with zero attached hydrogens (tertiary/aromatic N) is 5. The van der Waals surface area contributed by atoms with E-state index in [1.165, 1.54) is 11.1 Å². The second kappa shape index (κ2) is 9.98. The van der Waals surface area contributed by atoms with E-state index < -0.39 is 0 Å². The lowest BCUT2D eigenvalue weighted by molar-refractivity contribution is 0.0946. The van der Waals surface area contributed by atoms with Gasteiger partial charge in [-0.1, -0.05) is 43.3 Å². The second-order valence-corrected chi connectivity index (χ2v) is 8.55. The number of piperidine rings is 1. The van der Waals surface area contributed by atoms with Crippen molar-refractivity contribution in [2.24, 2.45) is 0 Å². The van der Waals surface area contributed by atoms with E-state index in [1.807, 2.05) is 23.7 Å². The third-order valence-corrected chi connectivity index (χ3v) is 5.57. The van der Waals surface area contributed by atoms with Crippen LogP contribution in [0.3, 0.4) is 0 Å². The van der Waals surface area contributed by atoms with Gasteiger partial charge in [0.25, 0.3) is 5.91 Å². The molecule has 0 bridgehead atoms. The van der Waals surface area contributed by atoms with Gasteiger partial charge in [-0.15, -0.1) is 5.10 Å². The van der Waals surface area contributed by atoms with Gasteiger partial charge in [-0.3, -0.25) is 9.69 Å². The number of rotatable bonds is 8. The Morgan fingerprint density at radius 1 is 1.21 bits per heavy atom. The predicted octanol–water partition coefficient (Wildman–Crippen LogP) is 2.53. The number of benzene rings is 1. The Hall–Kier alpha value is -2.25. The Morgan fingerprint density at radius 3 is 2.52 bits per heavy atom. The van der Waals surface area contributed by atoms with Crippen molar-refractivity contribution in [3.05, 3.63) is 47.3 Å². The Balaban J connectivity index is 1.47. The minimum absolute atomic E-state index is 0.152. The molecule has 1 amide bonds. The minimum Gasteiger partial charge on any atom is -0.349 e. The first kappa shape index (κ1) is 21.5. The summed E-state index contributed by atoms with van der Waals surface area (Å²) in [6.07, 6.45) is 3.83. The van der Waals surface area contributed by atoms with Crippen LogP contribution in [0.2, 0.25) is 0 Å². The molecule has 1 N–H and O–H groups in total. The van der Waals surface area contributed by atoms with Gasteiger partial charge in [0.15, 0.2) is 5.69 Å². The molecule has 3 rings (SSSR count). The van der Waals surface area contributed by atoms with E-state index in [0.29, 0.717) is 24.2 Å². The molecule has 1 fully saturated rings. The number of likely N-dealkylation sites (tertiary alicyclic amines) is 1. The van der Waals surface area contributed by atoms with Crippen molar-refractivity contribution in [3.8, 4) is 0 Å². The molecule has 1 aliphatic rings. The zero-order valence-electron chi connectivity index (χ0n) is 18.1. The van der Waals surface area contributed by atoms with Gasteiger partial charge in [0.1, 0.15) is 0 Å². The molecule has 0 spiro atoms. The molecule has 29 heavy (non-hydrogen) atoms. The molecule has 0 radical (unpaired) electrons. The van der Waals surface area contributed by atoms with Gasteiger partial charge >= 0.3 is 0 Å². The number of amides is 1. The Morgan fingerprint density at radius 2 is 1.90 bits per heavy atom. The van der Waals surface area contributed by atoms with Gasteiger partial charge in [0.2, 0.25) is 0 Å². The molecule has 7 nitrogen and oxygen atoms in total. The quantitative estimate of drug-likeness (QED) is 0.740. The molecule has 1 aromatic carbocycles. The van der Waals surface area contributed by atoms with Crippen molar-refractivity contribution in [1.29, 1.82) is 0 Å². The molecule has 7 heteroatoms. The summed E-state index contributed by atoms with van der Waals surface area (Å²) in [6, 6.07) is 9.30. The van der Waals surface area contributed by atoms with Crippen LogP contribution in [0.5, 0.6) is 0 Å². The van der Waals surface area contributed by atoms with Crippen LogP contribution in [-0.2, 0) is 6.54 Å². The summed E-state index contributed by atoms with van der Waals surface area (Å²) in [5.41, 5.74) is 3.15. The highest BCUT2D eigenvalue weighted by Gasteiger charge is 2.22. The van der Waals surface area contributed by atoms with E-state index in [4.69, 9.17) is 0 Å². The molecule has 0 aliphatic carbocycles. The van der Waals surface area contributed by atoms with Crippen LogP contribution in [0, 0.1) is 0 Å². The summed E-state index contributed by atoms with van der Waals surface area (Å²) < 4.78 is 1.87. The summed E-state index contributed by atoms with van der Waals surface area (Å²) in [5.74, 6) is 0.419. The number of hydrogen-bond acceptors (Lipinski definition) is 5. The number of nitrogens with one attached hydrogen (secondary N) is 1. The average molecular weight is 399 g/mol. The molecule has 1 aliphatic heterocycles. The fourth-order valence-electron chi connectivity index (χ4n) is 3.65. The van der Waals surface area contributed by atoms with Crippen LogP contribution < -0.4 is 5.32 Å². The normalized spacial score (nSPS) is 15.9. The first-order valence-corrected chi connectivity index (χ1v) is 10.6. The van der Waals surface area contributed by atoms with Crippen molar-refractivity contribution in [1.82, 2.24) is 30.1 Å². The van der Waals surface area contributed by atoms with Crippen LogP contribution in [0.15, 0.2) is 30.5 Å². The Labute approximate surface area is 174 Å². The number of likely N-dealkylation sites (N-methyl/N-ethyl adjacent to an activating group) is 1. The van der Waals surface area contributed by atoms with E-state index in [0.717, 1.165) is 39.0 Å². The van der Waals surface area contributed by atoms with E-state index in [1.54, 1.807) is 6.20 Å². The van der Waals surface area contributed by atoms with E-state index in [2.05, 4.69) is 58.6 Å². The SMILES string of the molecule is CC(C)c1ccc(CN2CCC(n3cc(C(=O)NCCN(C)C)nn3)CC2)cc1. The first-order valence-electron chi connectivity index (χ1n) is 10.6. The fraction of sp³-hybridized carbons (Fsp3) is 0.591. The standard InChI is InChI=1S/C22H34N6O/c1-17(2)19-7-5-18(6-8-19)15-27-12-9-20(10-13-27)28-16-21(24-25-28)22(29)23-11-14-26(3)4/h5-8,16-17,20H,9-15H2,1-4H3,(H,23,29). The van der Waals surface area contributed by atoms with Gasteiger partial charge in [0, 0.05) is 32.7 Å². The molecule has 158 valence electrons. The maximum atomic E-state index is 12.2. The summed E-state index contributed by atoms with van der Waals surface area (Å²) in [7, 11) is 3.96. The van der Waals surface area contributed by atoms with Gasteiger partial charge in [-0.25, -0.2) is 4.68 Å². The van der Waals surface area contributed by atoms with Crippen LogP contribution in [0.4, 0.5) is 0 Å². The van der Waals surface area contributed by atoms with Crippen molar-refractivity contribution in [3.63, 3.8) is 0 Å². The van der Waals surface area contributed by atoms with Gasteiger partial charge in [-0.05, 0) is 44.0 Å². The summed E-state index contributed by atoms with van der Waals surface area (Å²) in [5, 5.41) is 11.2. The predicted molar refractivity (Wildman–Crippen MR) is 115 cm³/mol. The molecule has 0 unspecified atom stereocenters. The van der Waals surface area contributed by atoms with Crippen LogP contribution in [0.25, 0.3) is 0 Å². The third kappa shape index (κ3) is 6.11. The highest BCUT2D eigenvalue weighted by Crippen LogP contribution is 2.23. The number of hydrogen-bond donors (Lipinski definition) is 1. The van der Waals surface area contributed by atoms with Gasteiger partial charge < -0.3 is 10.2 Å². The van der Waals surface area contributed by atoms with Gasteiger partial charge in [0.05, 0.1) is 12.2 Å². The lowest BCUT2D eigenvalue weighted by Gasteiger charge is -2.31. The highest BCUT2D eigenvalue weighted by atomic mass is 16.2. The van der Waals surface area contributed by atoms with E-state index in [-0.39, 0.29) is 5.91 Å².